The van der Waals surface area contributed by atoms with Crippen LogP contribution in [0.2, 0.25) is 0 Å². The molecule has 0 fully saturated rings. The first-order valence-corrected chi connectivity index (χ1v) is 5.95. The fraction of sp³-hybridized carbons (Fsp3) is 0.111. The predicted molar refractivity (Wildman–Crippen MR) is 59.9 cm³/mol. The molecule has 1 radical (unpaired) electrons. The van der Waals surface area contributed by atoms with Crippen molar-refractivity contribution in [3.63, 3.8) is 0 Å². The van der Waals surface area contributed by atoms with Gasteiger partial charge in [-0.1, -0.05) is 5.56 Å². The van der Waals surface area contributed by atoms with Crippen LogP contribution >= 0.6 is 22.7 Å². The maximum absolute atomic E-state index is 4.38. The van der Waals surface area contributed by atoms with Gasteiger partial charge in [0.2, 0.25) is 0 Å². The second-order valence-corrected chi connectivity index (χ2v) is 4.96. The van der Waals surface area contributed by atoms with E-state index in [-0.39, 0.29) is 20.1 Å². The molecule has 3 heterocycles. The van der Waals surface area contributed by atoms with E-state index in [0.29, 0.717) is 0 Å². The van der Waals surface area contributed by atoms with Crippen LogP contribution in [0.5, 0.6) is 0 Å². The molecule has 0 spiro atoms. The number of aromatic nitrogens is 4. The summed E-state index contributed by atoms with van der Waals surface area (Å²) in [6.07, 6.45) is 2.96. The van der Waals surface area contributed by atoms with Gasteiger partial charge < -0.3 is 4.98 Å². The average Bonchev–Trinajstić information content (AvgIpc) is 2.82. The van der Waals surface area contributed by atoms with Gasteiger partial charge in [-0.25, -0.2) is 0 Å². The summed E-state index contributed by atoms with van der Waals surface area (Å²) in [5.41, 5.74) is 3.45. The van der Waals surface area contributed by atoms with E-state index < -0.39 is 0 Å². The second kappa shape index (κ2) is 4.63. The summed E-state index contributed by atoms with van der Waals surface area (Å²) in [5, 5.41) is 9.60. The van der Waals surface area contributed by atoms with Gasteiger partial charge in [0.15, 0.2) is 0 Å². The molecule has 3 aromatic rings. The molecule has 16 heavy (non-hydrogen) atoms. The summed E-state index contributed by atoms with van der Waals surface area (Å²) in [6.45, 7) is 1.97. The Bertz CT molecular complexity index is 605. The Kier molecular flexibility index (Phi) is 3.39. The summed E-state index contributed by atoms with van der Waals surface area (Å²) in [5.74, 6) is 0. The molecule has 0 saturated heterocycles. The summed E-state index contributed by atoms with van der Waals surface area (Å²) >= 11 is 3.05. The fourth-order valence-electron chi connectivity index (χ4n) is 1.29. The topological polar surface area (TPSA) is 51.6 Å². The summed E-state index contributed by atoms with van der Waals surface area (Å²) < 4.78 is 0. The van der Waals surface area contributed by atoms with Gasteiger partial charge in [0.05, 0.1) is 20.4 Å². The number of fused-ring (bicyclic) bond motifs is 1. The Hall–Kier alpha value is -0.751. The Morgan fingerprint density at radius 1 is 1.38 bits per heavy atom. The Balaban J connectivity index is 0.000000963. The molecular formula is C9H5IrN4S2-. The van der Waals surface area contributed by atoms with Crippen LogP contribution < -0.4 is 0 Å². The van der Waals surface area contributed by atoms with E-state index in [1.54, 1.807) is 16.8 Å². The molecule has 0 aromatic carbocycles. The van der Waals surface area contributed by atoms with E-state index >= 15 is 0 Å². The average molecular weight is 426 g/mol. The van der Waals surface area contributed by atoms with Crippen molar-refractivity contribution in [2.75, 3.05) is 0 Å². The maximum Gasteiger partial charge on any atom is 0.0938 e. The quantitative estimate of drug-likeness (QED) is 0.562. The predicted octanol–water partition coefficient (Wildman–Crippen LogP) is 2.32. The fourth-order valence-corrected chi connectivity index (χ4v) is 2.53. The molecule has 7 heteroatoms. The van der Waals surface area contributed by atoms with Gasteiger partial charge in [-0.15, -0.1) is 6.07 Å². The smallest absolute Gasteiger partial charge is 0.0938 e. The van der Waals surface area contributed by atoms with Crippen molar-refractivity contribution in [1.29, 1.82) is 0 Å². The monoisotopic (exact) mass is 426 g/mol. The Morgan fingerprint density at radius 3 is 3.00 bits per heavy atom. The Morgan fingerprint density at radius 2 is 2.25 bits per heavy atom. The van der Waals surface area contributed by atoms with Gasteiger partial charge in [-0.05, 0) is 13.1 Å². The first kappa shape index (κ1) is 11.7. The molecule has 0 aliphatic carbocycles. The molecule has 0 N–H and O–H groups in total. The molecular weight excluding hydrogens is 420 g/mol. The third-order valence-electron chi connectivity index (χ3n) is 1.89. The van der Waals surface area contributed by atoms with Gasteiger partial charge in [-0.2, -0.15) is 32.9 Å². The van der Waals surface area contributed by atoms with E-state index in [4.69, 9.17) is 0 Å². The number of hydrogen-bond donors (Lipinski definition) is 0. The molecule has 83 valence electrons. The van der Waals surface area contributed by atoms with E-state index in [0.717, 1.165) is 25.9 Å². The van der Waals surface area contributed by atoms with Crippen LogP contribution in [-0.4, -0.2) is 20.2 Å². The van der Waals surface area contributed by atoms with Crippen LogP contribution in [0.25, 0.3) is 20.9 Å². The van der Waals surface area contributed by atoms with Crippen molar-refractivity contribution >= 4 is 33.0 Å². The summed E-state index contributed by atoms with van der Waals surface area (Å²) in [7, 11) is 0. The van der Waals surface area contributed by atoms with E-state index in [1.165, 1.54) is 11.3 Å². The van der Waals surface area contributed by atoms with Crippen LogP contribution in [0.4, 0.5) is 0 Å². The van der Waals surface area contributed by atoms with Gasteiger partial charge in [0.25, 0.3) is 0 Å². The van der Waals surface area contributed by atoms with Gasteiger partial charge in [0.1, 0.15) is 0 Å². The van der Waals surface area contributed by atoms with Gasteiger partial charge >= 0.3 is 0 Å². The second-order valence-electron chi connectivity index (χ2n) is 2.95. The van der Waals surface area contributed by atoms with Crippen molar-refractivity contribution in [2.24, 2.45) is 0 Å². The molecule has 0 unspecified atom stereocenters. The number of hydrogen-bond acceptors (Lipinski definition) is 6. The van der Waals surface area contributed by atoms with Crippen molar-refractivity contribution in [1.82, 2.24) is 20.2 Å². The molecule has 3 rings (SSSR count). The van der Waals surface area contributed by atoms with E-state index in [9.17, 15) is 0 Å². The standard InChI is InChI=1S/C9H5N4S2.Ir/c1-5-12-7-2-6(3-10-9(7)15-5)8-13-11-4-14-8;/h2,4H,1H3;/q-1;. The van der Waals surface area contributed by atoms with Crippen LogP contribution in [0.1, 0.15) is 5.01 Å². The summed E-state index contributed by atoms with van der Waals surface area (Å²) in [6, 6.07) is 1.95. The van der Waals surface area contributed by atoms with Crippen LogP contribution in [-0.2, 0) is 20.1 Å². The van der Waals surface area contributed by atoms with Crippen molar-refractivity contribution in [3.05, 3.63) is 22.8 Å². The minimum absolute atomic E-state index is 0. The SMILES string of the molecule is Cc1nc2cc(-c3nncs3)[c-]nc2s1.[Ir]. The number of nitrogens with zero attached hydrogens (tertiary/aromatic N) is 4. The number of rotatable bonds is 1. The zero-order valence-electron chi connectivity index (χ0n) is 8.09. The molecule has 3 aromatic heterocycles. The van der Waals surface area contributed by atoms with Crippen molar-refractivity contribution < 1.29 is 20.1 Å². The first-order chi connectivity index (χ1) is 7.33. The third kappa shape index (κ3) is 2.04. The van der Waals surface area contributed by atoms with Crippen LogP contribution in [0.3, 0.4) is 0 Å². The molecule has 0 saturated carbocycles. The largest absolute Gasteiger partial charge is 0.340 e. The number of aryl methyl sites for hydroxylation is 1. The zero-order valence-corrected chi connectivity index (χ0v) is 12.1. The normalized spacial score (nSPS) is 10.3. The number of thiazole rings is 1. The minimum Gasteiger partial charge on any atom is -0.340 e. The van der Waals surface area contributed by atoms with E-state index in [1.807, 2.05) is 13.0 Å². The van der Waals surface area contributed by atoms with Crippen LogP contribution in [0.15, 0.2) is 11.6 Å². The molecule has 0 atom stereocenters. The molecule has 4 nitrogen and oxygen atoms in total. The number of pyridine rings is 1. The minimum atomic E-state index is 0. The third-order valence-corrected chi connectivity index (χ3v) is 3.50. The maximum atomic E-state index is 4.38. The molecule has 0 amide bonds. The van der Waals surface area contributed by atoms with Crippen molar-refractivity contribution in [3.8, 4) is 10.6 Å². The Labute approximate surface area is 113 Å². The van der Waals surface area contributed by atoms with E-state index in [2.05, 4.69) is 26.4 Å². The molecule has 0 bridgehead atoms. The summed E-state index contributed by atoms with van der Waals surface area (Å²) in [4.78, 5) is 9.52. The van der Waals surface area contributed by atoms with Crippen molar-refractivity contribution in [2.45, 2.75) is 6.92 Å². The molecule has 0 aliphatic heterocycles. The van der Waals surface area contributed by atoms with Gasteiger partial charge in [-0.3, -0.25) is 4.98 Å². The first-order valence-electron chi connectivity index (χ1n) is 4.25. The molecule has 0 aliphatic rings. The zero-order chi connectivity index (χ0) is 10.3. The van der Waals surface area contributed by atoms with Crippen LogP contribution in [0, 0.1) is 13.1 Å². The van der Waals surface area contributed by atoms with Gasteiger partial charge in [0, 0.05) is 25.6 Å².